The van der Waals surface area contributed by atoms with Gasteiger partial charge in [0.25, 0.3) is 0 Å². The zero-order valence-electron chi connectivity index (χ0n) is 10.9. The van der Waals surface area contributed by atoms with Gasteiger partial charge in [0, 0.05) is 18.7 Å². The molecule has 0 aliphatic heterocycles. The maximum Gasteiger partial charge on any atom is 0.169 e. The van der Waals surface area contributed by atoms with Crippen molar-refractivity contribution in [3.63, 3.8) is 0 Å². The van der Waals surface area contributed by atoms with Gasteiger partial charge in [-0.15, -0.1) is 0 Å². The van der Waals surface area contributed by atoms with E-state index in [1.54, 1.807) is 6.20 Å². The van der Waals surface area contributed by atoms with Crippen LogP contribution < -0.4 is 0 Å². The van der Waals surface area contributed by atoms with Gasteiger partial charge >= 0.3 is 0 Å². The molecular weight excluding hydrogens is 224 g/mol. The summed E-state index contributed by atoms with van der Waals surface area (Å²) in [5.74, 6) is 3.97. The smallest absolute Gasteiger partial charge is 0.169 e. The maximum absolute atomic E-state index is 12.5. The second-order valence-electron chi connectivity index (χ2n) is 6.37. The third kappa shape index (κ3) is 1.36. The molecule has 4 atom stereocenters. The van der Waals surface area contributed by atoms with E-state index >= 15 is 0 Å². The van der Waals surface area contributed by atoms with E-state index in [1.807, 2.05) is 10.9 Å². The predicted octanol–water partition coefficient (Wildman–Crippen LogP) is 2.77. The first kappa shape index (κ1) is 10.8. The molecule has 3 heteroatoms. The fraction of sp³-hybridized carbons (Fsp3) is 0.733. The molecule has 4 unspecified atom stereocenters. The summed E-state index contributed by atoms with van der Waals surface area (Å²) in [7, 11) is 0. The van der Waals surface area contributed by atoms with E-state index in [0.717, 1.165) is 42.2 Å². The molecule has 2 bridgehead atoms. The van der Waals surface area contributed by atoms with Crippen LogP contribution in [0.15, 0.2) is 12.4 Å². The van der Waals surface area contributed by atoms with E-state index in [4.69, 9.17) is 0 Å². The summed E-state index contributed by atoms with van der Waals surface area (Å²) >= 11 is 0. The molecule has 0 N–H and O–H groups in total. The molecule has 0 amide bonds. The lowest BCUT2D eigenvalue weighted by Crippen LogP contribution is -2.09. The van der Waals surface area contributed by atoms with Crippen LogP contribution in [0.25, 0.3) is 0 Å². The van der Waals surface area contributed by atoms with Crippen LogP contribution in [0.3, 0.4) is 0 Å². The zero-order valence-corrected chi connectivity index (χ0v) is 10.9. The van der Waals surface area contributed by atoms with Crippen LogP contribution in [-0.2, 0) is 6.54 Å². The van der Waals surface area contributed by atoms with E-state index in [9.17, 15) is 4.79 Å². The summed E-state index contributed by atoms with van der Waals surface area (Å²) in [4.78, 5) is 12.5. The van der Waals surface area contributed by atoms with Gasteiger partial charge in [0.2, 0.25) is 0 Å². The second-order valence-corrected chi connectivity index (χ2v) is 6.37. The first-order valence-electron chi connectivity index (χ1n) is 7.36. The quantitative estimate of drug-likeness (QED) is 0.763. The van der Waals surface area contributed by atoms with Crippen LogP contribution >= 0.6 is 0 Å². The van der Waals surface area contributed by atoms with Crippen molar-refractivity contribution in [2.75, 3.05) is 0 Å². The Morgan fingerprint density at radius 1 is 1.39 bits per heavy atom. The van der Waals surface area contributed by atoms with Crippen LogP contribution in [0.4, 0.5) is 0 Å². The molecule has 0 radical (unpaired) electrons. The lowest BCUT2D eigenvalue weighted by atomic mass is 9.98. The van der Waals surface area contributed by atoms with E-state index in [2.05, 4.69) is 12.0 Å². The molecule has 3 fully saturated rings. The highest BCUT2D eigenvalue weighted by molar-refractivity contribution is 5.99. The zero-order chi connectivity index (χ0) is 12.3. The van der Waals surface area contributed by atoms with Gasteiger partial charge in [0.15, 0.2) is 5.78 Å². The molecule has 3 nitrogen and oxygen atoms in total. The number of aryl methyl sites for hydroxylation is 1. The summed E-state index contributed by atoms with van der Waals surface area (Å²) in [5.41, 5.74) is 0.849. The highest BCUT2D eigenvalue weighted by atomic mass is 16.1. The fourth-order valence-electron chi connectivity index (χ4n) is 4.71. The van der Waals surface area contributed by atoms with E-state index in [1.165, 1.54) is 19.3 Å². The normalized spacial score (nSPS) is 39.9. The van der Waals surface area contributed by atoms with Crippen molar-refractivity contribution in [2.24, 2.45) is 29.6 Å². The van der Waals surface area contributed by atoms with Gasteiger partial charge in [-0.3, -0.25) is 9.48 Å². The third-order valence-electron chi connectivity index (χ3n) is 5.41. The minimum Gasteiger partial charge on any atom is -0.294 e. The third-order valence-corrected chi connectivity index (χ3v) is 5.41. The second kappa shape index (κ2) is 3.69. The van der Waals surface area contributed by atoms with Crippen molar-refractivity contribution < 1.29 is 4.79 Å². The predicted molar refractivity (Wildman–Crippen MR) is 68.1 cm³/mol. The fourth-order valence-corrected chi connectivity index (χ4v) is 4.71. The van der Waals surface area contributed by atoms with Crippen molar-refractivity contribution in [3.05, 3.63) is 18.0 Å². The number of ketones is 1. The molecule has 1 aromatic heterocycles. The molecule has 3 aliphatic carbocycles. The van der Waals surface area contributed by atoms with Gasteiger partial charge in [-0.25, -0.2) is 0 Å². The van der Waals surface area contributed by atoms with Crippen molar-refractivity contribution in [2.45, 2.75) is 39.2 Å². The van der Waals surface area contributed by atoms with Gasteiger partial charge in [-0.05, 0) is 49.4 Å². The molecule has 1 aromatic rings. The summed E-state index contributed by atoms with van der Waals surface area (Å²) in [6, 6.07) is 0. The van der Waals surface area contributed by atoms with E-state index in [0.29, 0.717) is 11.7 Å². The number of fused-ring (bicyclic) bond motifs is 5. The topological polar surface area (TPSA) is 34.9 Å². The summed E-state index contributed by atoms with van der Waals surface area (Å²) in [5, 5.41) is 4.28. The molecule has 0 saturated heterocycles. The van der Waals surface area contributed by atoms with Crippen LogP contribution in [0.1, 0.15) is 43.0 Å². The minimum absolute atomic E-state index is 0.357. The Labute approximate surface area is 108 Å². The number of nitrogens with zero attached hydrogens (tertiary/aromatic N) is 2. The molecule has 0 spiro atoms. The van der Waals surface area contributed by atoms with Crippen LogP contribution in [-0.4, -0.2) is 15.6 Å². The molecule has 4 rings (SSSR count). The van der Waals surface area contributed by atoms with Gasteiger partial charge in [0.05, 0.1) is 11.8 Å². The molecule has 96 valence electrons. The first-order valence-corrected chi connectivity index (χ1v) is 7.36. The molecule has 3 aliphatic rings. The molecule has 3 saturated carbocycles. The van der Waals surface area contributed by atoms with Gasteiger partial charge in [-0.2, -0.15) is 5.10 Å². The highest BCUT2D eigenvalue weighted by Crippen LogP contribution is 2.69. The Bertz CT molecular complexity index is 476. The monoisotopic (exact) mass is 244 g/mol. The number of aromatic nitrogens is 2. The van der Waals surface area contributed by atoms with Crippen molar-refractivity contribution in [1.29, 1.82) is 0 Å². The number of hydrogen-bond acceptors (Lipinski definition) is 2. The lowest BCUT2D eigenvalue weighted by Gasteiger charge is -2.06. The number of carbonyl (C=O) groups is 1. The molecular formula is C15H20N2O. The Hall–Kier alpha value is -1.12. The first-order chi connectivity index (χ1) is 8.79. The van der Waals surface area contributed by atoms with Crippen molar-refractivity contribution >= 4 is 5.78 Å². The van der Waals surface area contributed by atoms with E-state index in [-0.39, 0.29) is 0 Å². The lowest BCUT2D eigenvalue weighted by molar-refractivity contribution is 0.0944. The molecule has 1 heterocycles. The van der Waals surface area contributed by atoms with Gasteiger partial charge < -0.3 is 0 Å². The minimum atomic E-state index is 0.357. The Kier molecular flexibility index (Phi) is 2.21. The Morgan fingerprint density at radius 2 is 2.11 bits per heavy atom. The van der Waals surface area contributed by atoms with Gasteiger partial charge in [0.1, 0.15) is 0 Å². The van der Waals surface area contributed by atoms with Crippen LogP contribution in [0.2, 0.25) is 0 Å². The standard InChI is InChI=1S/C15H20N2O/c1-2-5-17-8-11(7-16-17)15(18)14-12-9-3-4-10(6-9)13(12)14/h7-10,12-14H,2-6H2,1H3. The number of Topliss-reactive ketones (excluding diaryl/α,β-unsaturated/α-hetero) is 1. The number of hydrogen-bond donors (Lipinski definition) is 0. The van der Waals surface area contributed by atoms with Crippen LogP contribution in [0.5, 0.6) is 0 Å². The molecule has 18 heavy (non-hydrogen) atoms. The number of carbonyl (C=O) groups excluding carboxylic acids is 1. The maximum atomic E-state index is 12.5. The van der Waals surface area contributed by atoms with Crippen LogP contribution in [0, 0.1) is 29.6 Å². The summed E-state index contributed by atoms with van der Waals surface area (Å²) in [6.07, 6.45) is 8.95. The Morgan fingerprint density at radius 3 is 2.78 bits per heavy atom. The highest BCUT2D eigenvalue weighted by Gasteiger charge is 2.67. The average Bonchev–Trinajstić information content (AvgIpc) is 2.76. The average molecular weight is 244 g/mol. The summed E-state index contributed by atoms with van der Waals surface area (Å²) in [6.45, 7) is 3.04. The molecule has 0 aromatic carbocycles. The SMILES string of the molecule is CCCn1cc(C(=O)C2C3C4CCC(C4)C23)cn1. The number of rotatable bonds is 4. The van der Waals surface area contributed by atoms with Crippen molar-refractivity contribution in [1.82, 2.24) is 9.78 Å². The summed E-state index contributed by atoms with van der Waals surface area (Å²) < 4.78 is 1.90. The van der Waals surface area contributed by atoms with E-state index < -0.39 is 0 Å². The largest absolute Gasteiger partial charge is 0.294 e. The Balaban J connectivity index is 1.51. The van der Waals surface area contributed by atoms with Crippen molar-refractivity contribution in [3.8, 4) is 0 Å². The van der Waals surface area contributed by atoms with Gasteiger partial charge in [-0.1, -0.05) is 6.92 Å².